The van der Waals surface area contributed by atoms with Gasteiger partial charge in [-0.25, -0.2) is 9.97 Å². The molecule has 4 aromatic heterocycles. The number of nitrogens with zero attached hydrogens (tertiary/aromatic N) is 4. The Balaban J connectivity index is 0.000000932. The van der Waals surface area contributed by atoms with Crippen LogP contribution in [0.25, 0.3) is 11.0 Å². The van der Waals surface area contributed by atoms with Crippen molar-refractivity contribution in [1.29, 1.82) is 0 Å². The van der Waals surface area contributed by atoms with Crippen LogP contribution in [-0.2, 0) is 6.54 Å². The molecule has 1 aliphatic carbocycles. The average molecular weight is 372 g/mol. The molecule has 8 heteroatoms. The van der Waals surface area contributed by atoms with E-state index in [4.69, 9.17) is 0 Å². The fraction of sp³-hybridized carbons (Fsp3) is 0.200. The van der Waals surface area contributed by atoms with Crippen molar-refractivity contribution in [2.24, 2.45) is 0 Å². The van der Waals surface area contributed by atoms with Crippen molar-refractivity contribution in [2.75, 3.05) is 10.6 Å². The molecule has 0 spiro atoms. The lowest BCUT2D eigenvalue weighted by molar-refractivity contribution is 0.966. The summed E-state index contributed by atoms with van der Waals surface area (Å²) in [6.45, 7) is 0.554. The van der Waals surface area contributed by atoms with Gasteiger partial charge in [-0.3, -0.25) is 5.10 Å². The molecule has 0 amide bonds. The third-order valence-corrected chi connectivity index (χ3v) is 4.42. The summed E-state index contributed by atoms with van der Waals surface area (Å²) in [5, 5.41) is 13.8. The molecule has 4 N–H and O–H groups in total. The van der Waals surface area contributed by atoms with Gasteiger partial charge in [-0.2, -0.15) is 10.1 Å². The van der Waals surface area contributed by atoms with Crippen LogP contribution in [0.4, 0.5) is 17.6 Å². The van der Waals surface area contributed by atoms with E-state index in [9.17, 15) is 0 Å². The maximum Gasteiger partial charge on any atom is 0.224 e. The lowest BCUT2D eigenvalue weighted by Gasteiger charge is -2.07. The normalized spacial score (nSPS) is 12.9. The number of aromatic nitrogens is 6. The SMILES string of the molecule is C#C.c1cc(Nc2cc(C3CC3)[nH]n2)nc(NCc2ccc3[nH]ccc3n2)n1. The van der Waals surface area contributed by atoms with Crippen LogP contribution >= 0.6 is 0 Å². The molecule has 8 nitrogen and oxygen atoms in total. The van der Waals surface area contributed by atoms with Crippen molar-refractivity contribution in [3.8, 4) is 12.8 Å². The van der Waals surface area contributed by atoms with Crippen molar-refractivity contribution in [1.82, 2.24) is 30.1 Å². The molecule has 0 saturated heterocycles. The highest BCUT2D eigenvalue weighted by Crippen LogP contribution is 2.39. The second-order valence-corrected chi connectivity index (χ2v) is 6.44. The summed E-state index contributed by atoms with van der Waals surface area (Å²) in [6.07, 6.45) is 14.1. The van der Waals surface area contributed by atoms with Gasteiger partial charge < -0.3 is 15.6 Å². The fourth-order valence-electron chi connectivity index (χ4n) is 2.89. The lowest BCUT2D eigenvalue weighted by atomic mass is 10.3. The Kier molecular flexibility index (Phi) is 4.89. The van der Waals surface area contributed by atoms with Crippen LogP contribution in [0.3, 0.4) is 0 Å². The second-order valence-electron chi connectivity index (χ2n) is 6.44. The third-order valence-electron chi connectivity index (χ3n) is 4.42. The van der Waals surface area contributed by atoms with Crippen LogP contribution in [0.2, 0.25) is 0 Å². The monoisotopic (exact) mass is 372 g/mol. The largest absolute Gasteiger partial charge is 0.360 e. The molecule has 1 saturated carbocycles. The number of hydrogen-bond acceptors (Lipinski definition) is 6. The molecule has 0 atom stereocenters. The molecule has 5 rings (SSSR count). The quantitative estimate of drug-likeness (QED) is 0.386. The predicted molar refractivity (Wildman–Crippen MR) is 109 cm³/mol. The van der Waals surface area contributed by atoms with Crippen molar-refractivity contribution >= 4 is 28.6 Å². The number of pyridine rings is 1. The molecule has 0 unspecified atom stereocenters. The first-order valence-corrected chi connectivity index (χ1v) is 8.99. The van der Waals surface area contributed by atoms with Crippen LogP contribution in [-0.4, -0.2) is 30.1 Å². The van der Waals surface area contributed by atoms with Crippen molar-refractivity contribution in [3.05, 3.63) is 54.1 Å². The van der Waals surface area contributed by atoms with Gasteiger partial charge in [-0.05, 0) is 37.1 Å². The molecule has 0 bridgehead atoms. The van der Waals surface area contributed by atoms with Gasteiger partial charge in [0.05, 0.1) is 23.3 Å². The fourth-order valence-corrected chi connectivity index (χ4v) is 2.89. The Morgan fingerprint density at radius 2 is 1.96 bits per heavy atom. The number of terminal acetylenes is 1. The second kappa shape index (κ2) is 7.80. The van der Waals surface area contributed by atoms with E-state index in [-0.39, 0.29) is 0 Å². The smallest absolute Gasteiger partial charge is 0.224 e. The maximum atomic E-state index is 4.59. The van der Waals surface area contributed by atoms with Gasteiger partial charge in [0.15, 0.2) is 5.82 Å². The highest BCUT2D eigenvalue weighted by molar-refractivity contribution is 5.74. The Hall–Kier alpha value is -3.86. The van der Waals surface area contributed by atoms with Crippen LogP contribution < -0.4 is 10.6 Å². The molecule has 4 aromatic rings. The number of nitrogens with one attached hydrogen (secondary N) is 4. The molecule has 28 heavy (non-hydrogen) atoms. The molecule has 0 radical (unpaired) electrons. The standard InChI is InChI=1S/C18H18N8.C2H2/c1-2-11(1)15-9-17(26-25-15)23-16-6-8-20-18(24-16)21-10-12-3-4-13-14(22-12)5-7-19-13;1-2/h3-9,11,19H,1-2,10H2,(H3,20,21,23,24,25,26);1-2H. The predicted octanol–water partition coefficient (Wildman–Crippen LogP) is 3.56. The van der Waals surface area contributed by atoms with Crippen LogP contribution in [0.5, 0.6) is 0 Å². The molecular formula is C20H20N8. The number of fused-ring (bicyclic) bond motifs is 1. The lowest BCUT2D eigenvalue weighted by Crippen LogP contribution is -2.06. The Labute approximate surface area is 162 Å². The Morgan fingerprint density at radius 3 is 2.82 bits per heavy atom. The topological polar surface area (TPSA) is 107 Å². The Morgan fingerprint density at radius 1 is 1.07 bits per heavy atom. The first-order chi connectivity index (χ1) is 13.8. The van der Waals surface area contributed by atoms with E-state index in [0.29, 0.717) is 24.2 Å². The van der Waals surface area contributed by atoms with Gasteiger partial charge >= 0.3 is 0 Å². The van der Waals surface area contributed by atoms with Crippen LogP contribution in [0.1, 0.15) is 30.1 Å². The van der Waals surface area contributed by atoms with Crippen LogP contribution in [0, 0.1) is 12.8 Å². The molecular weight excluding hydrogens is 352 g/mol. The molecule has 1 aliphatic rings. The molecule has 1 fully saturated rings. The van der Waals surface area contributed by atoms with Gasteiger partial charge in [0.1, 0.15) is 5.82 Å². The van der Waals surface area contributed by atoms with E-state index in [1.54, 1.807) is 6.20 Å². The molecule has 0 aliphatic heterocycles. The van der Waals surface area contributed by atoms with Crippen molar-refractivity contribution in [3.63, 3.8) is 0 Å². The zero-order valence-electron chi connectivity index (χ0n) is 15.2. The highest BCUT2D eigenvalue weighted by atomic mass is 15.2. The van der Waals surface area contributed by atoms with E-state index in [1.807, 2.05) is 36.5 Å². The minimum atomic E-state index is 0.545. The summed E-state index contributed by atoms with van der Waals surface area (Å²) in [5.74, 6) is 2.66. The van der Waals surface area contributed by atoms with E-state index < -0.39 is 0 Å². The number of H-pyrrole nitrogens is 2. The number of anilines is 3. The summed E-state index contributed by atoms with van der Waals surface area (Å²) in [7, 11) is 0. The minimum Gasteiger partial charge on any atom is -0.360 e. The average Bonchev–Trinajstić information content (AvgIpc) is 3.30. The zero-order chi connectivity index (χ0) is 19.3. The third kappa shape index (κ3) is 3.94. The van der Waals surface area contributed by atoms with E-state index in [1.165, 1.54) is 18.5 Å². The molecule has 4 heterocycles. The van der Waals surface area contributed by atoms with Crippen molar-refractivity contribution in [2.45, 2.75) is 25.3 Å². The summed E-state index contributed by atoms with van der Waals surface area (Å²) in [4.78, 5) is 16.5. The van der Waals surface area contributed by atoms with Gasteiger partial charge in [-0.1, -0.05) is 0 Å². The Bertz CT molecular complexity index is 1090. The first kappa shape index (κ1) is 17.5. The maximum absolute atomic E-state index is 4.59. The van der Waals surface area contributed by atoms with Crippen LogP contribution in [0.15, 0.2) is 42.7 Å². The molecule has 140 valence electrons. The first-order valence-electron chi connectivity index (χ1n) is 8.99. The van der Waals surface area contributed by atoms with Gasteiger partial charge in [0, 0.05) is 30.1 Å². The summed E-state index contributed by atoms with van der Waals surface area (Å²) in [5.41, 5.74) is 4.10. The number of hydrogen-bond donors (Lipinski definition) is 4. The summed E-state index contributed by atoms with van der Waals surface area (Å²) >= 11 is 0. The van der Waals surface area contributed by atoms with E-state index >= 15 is 0 Å². The van der Waals surface area contributed by atoms with Gasteiger partial charge in [-0.15, -0.1) is 12.8 Å². The summed E-state index contributed by atoms with van der Waals surface area (Å²) < 4.78 is 0. The zero-order valence-corrected chi connectivity index (χ0v) is 15.2. The van der Waals surface area contributed by atoms with E-state index in [2.05, 4.69) is 53.6 Å². The van der Waals surface area contributed by atoms with Gasteiger partial charge in [0.25, 0.3) is 0 Å². The summed E-state index contributed by atoms with van der Waals surface area (Å²) in [6, 6.07) is 9.83. The van der Waals surface area contributed by atoms with Crippen molar-refractivity contribution < 1.29 is 0 Å². The molecule has 0 aromatic carbocycles. The minimum absolute atomic E-state index is 0.545. The highest BCUT2D eigenvalue weighted by Gasteiger charge is 2.25. The number of rotatable bonds is 6. The van der Waals surface area contributed by atoms with E-state index in [0.717, 1.165) is 22.5 Å². The van der Waals surface area contributed by atoms with Gasteiger partial charge in [0.2, 0.25) is 5.95 Å². The number of aromatic amines is 2.